The zero-order valence-corrected chi connectivity index (χ0v) is 14.3. The first-order valence-corrected chi connectivity index (χ1v) is 7.82. The van der Waals surface area contributed by atoms with E-state index in [1.807, 2.05) is 0 Å². The molecule has 0 saturated carbocycles. The molecule has 0 amide bonds. The number of rotatable bonds is 2. The molecule has 0 aliphatic rings. The fraction of sp³-hybridized carbons (Fsp3) is 0.429. The van der Waals surface area contributed by atoms with Crippen molar-refractivity contribution in [1.82, 2.24) is 0 Å². The molecule has 0 unspecified atom stereocenters. The van der Waals surface area contributed by atoms with Gasteiger partial charge in [0.15, 0.2) is 0 Å². The zero-order valence-electron chi connectivity index (χ0n) is 14.3. The minimum Gasteiger partial charge on any atom is -0.0622 e. The highest BCUT2D eigenvalue weighted by atomic mass is 14.5. The van der Waals surface area contributed by atoms with Crippen molar-refractivity contribution in [1.29, 1.82) is 0 Å². The molecular weight excluding hydrogens is 252 g/mol. The third-order valence-corrected chi connectivity index (χ3v) is 4.66. The fourth-order valence-corrected chi connectivity index (χ4v) is 4.40. The van der Waals surface area contributed by atoms with E-state index in [-0.39, 0.29) is 16.2 Å². The molecule has 0 saturated heterocycles. The number of benzene rings is 2. The molecule has 0 aliphatic carbocycles. The van der Waals surface area contributed by atoms with Crippen LogP contribution in [-0.2, 0) is 5.41 Å². The Morgan fingerprint density at radius 1 is 0.476 bits per heavy atom. The highest BCUT2D eigenvalue weighted by molar-refractivity contribution is 5.44. The molecule has 21 heavy (non-hydrogen) atoms. The summed E-state index contributed by atoms with van der Waals surface area (Å²) in [5.41, 5.74) is 2.97. The molecule has 0 aliphatic heterocycles. The smallest absolute Gasteiger partial charge is 0.0299 e. The quantitative estimate of drug-likeness (QED) is 0.626. The fourth-order valence-electron chi connectivity index (χ4n) is 4.40. The highest BCUT2D eigenvalue weighted by Gasteiger charge is 2.52. The minimum atomic E-state index is -0.0392. The molecule has 0 bridgehead atoms. The number of hydrogen-bond donors (Lipinski definition) is 0. The molecule has 0 N–H and O–H groups in total. The van der Waals surface area contributed by atoms with Gasteiger partial charge in [0.05, 0.1) is 0 Å². The topological polar surface area (TPSA) is 0 Å². The molecule has 2 aromatic carbocycles. The molecular formula is C21H28. The summed E-state index contributed by atoms with van der Waals surface area (Å²) in [7, 11) is 0. The van der Waals surface area contributed by atoms with Gasteiger partial charge in [0.2, 0.25) is 0 Å². The SMILES string of the molecule is CC(C)(C)C(c1ccccc1)(c1ccccc1)C(C)(C)C. The summed E-state index contributed by atoms with van der Waals surface area (Å²) in [5.74, 6) is 0. The predicted molar refractivity (Wildman–Crippen MR) is 92.6 cm³/mol. The van der Waals surface area contributed by atoms with Crippen LogP contribution in [0, 0.1) is 10.8 Å². The van der Waals surface area contributed by atoms with E-state index in [1.54, 1.807) is 0 Å². The molecule has 0 spiro atoms. The van der Waals surface area contributed by atoms with Crippen molar-refractivity contribution in [3.63, 3.8) is 0 Å². The van der Waals surface area contributed by atoms with Crippen molar-refractivity contribution >= 4 is 0 Å². The highest BCUT2D eigenvalue weighted by Crippen LogP contribution is 2.57. The van der Waals surface area contributed by atoms with Crippen LogP contribution in [0.5, 0.6) is 0 Å². The van der Waals surface area contributed by atoms with Gasteiger partial charge in [-0.3, -0.25) is 0 Å². The van der Waals surface area contributed by atoms with Crippen LogP contribution in [-0.4, -0.2) is 0 Å². The van der Waals surface area contributed by atoms with Gasteiger partial charge in [-0.25, -0.2) is 0 Å². The Morgan fingerprint density at radius 2 is 0.762 bits per heavy atom. The van der Waals surface area contributed by atoms with E-state index in [4.69, 9.17) is 0 Å². The van der Waals surface area contributed by atoms with Crippen LogP contribution in [0.3, 0.4) is 0 Å². The van der Waals surface area contributed by atoms with E-state index >= 15 is 0 Å². The van der Waals surface area contributed by atoms with E-state index in [2.05, 4.69) is 102 Å². The molecule has 0 atom stereocenters. The third kappa shape index (κ3) is 2.52. The van der Waals surface area contributed by atoms with Crippen LogP contribution in [0.4, 0.5) is 0 Å². The standard InChI is InChI=1S/C21H28/c1-19(2,3)21(20(4,5)6,17-13-9-7-10-14-17)18-15-11-8-12-16-18/h7-16H,1-6H3. The molecule has 0 heterocycles. The van der Waals surface area contributed by atoms with E-state index < -0.39 is 0 Å². The predicted octanol–water partition coefficient (Wildman–Crippen LogP) is 6.06. The Hall–Kier alpha value is -1.56. The van der Waals surface area contributed by atoms with Crippen molar-refractivity contribution in [3.8, 4) is 0 Å². The van der Waals surface area contributed by atoms with Gasteiger partial charge in [-0.15, -0.1) is 0 Å². The van der Waals surface area contributed by atoms with E-state index in [0.717, 1.165) is 0 Å². The second-order valence-corrected chi connectivity index (χ2v) is 7.98. The molecule has 2 rings (SSSR count). The van der Waals surface area contributed by atoms with Crippen LogP contribution in [0.25, 0.3) is 0 Å². The van der Waals surface area contributed by atoms with Crippen molar-refractivity contribution in [2.24, 2.45) is 10.8 Å². The van der Waals surface area contributed by atoms with Crippen molar-refractivity contribution < 1.29 is 0 Å². The van der Waals surface area contributed by atoms with Gasteiger partial charge in [-0.1, -0.05) is 102 Å². The average molecular weight is 280 g/mol. The van der Waals surface area contributed by atoms with Crippen molar-refractivity contribution in [3.05, 3.63) is 71.8 Å². The largest absolute Gasteiger partial charge is 0.0622 e. The Labute approximate surface area is 130 Å². The maximum Gasteiger partial charge on any atom is 0.0299 e. The molecule has 0 heteroatoms. The van der Waals surface area contributed by atoms with Gasteiger partial charge in [-0.05, 0) is 22.0 Å². The molecule has 0 aromatic heterocycles. The van der Waals surface area contributed by atoms with Crippen LogP contribution >= 0.6 is 0 Å². The van der Waals surface area contributed by atoms with Crippen molar-refractivity contribution in [2.45, 2.75) is 47.0 Å². The monoisotopic (exact) mass is 280 g/mol. The third-order valence-electron chi connectivity index (χ3n) is 4.66. The first-order valence-electron chi connectivity index (χ1n) is 7.82. The summed E-state index contributed by atoms with van der Waals surface area (Å²) in [6.45, 7) is 14.2. The molecule has 2 aromatic rings. The maximum absolute atomic E-state index is 2.36. The summed E-state index contributed by atoms with van der Waals surface area (Å²) < 4.78 is 0. The summed E-state index contributed by atoms with van der Waals surface area (Å²) in [4.78, 5) is 0. The van der Waals surface area contributed by atoms with E-state index in [0.29, 0.717) is 0 Å². The van der Waals surface area contributed by atoms with Crippen LogP contribution < -0.4 is 0 Å². The van der Waals surface area contributed by atoms with Gasteiger partial charge in [0.1, 0.15) is 0 Å². The van der Waals surface area contributed by atoms with E-state index in [9.17, 15) is 0 Å². The molecule has 0 fully saturated rings. The van der Waals surface area contributed by atoms with Crippen molar-refractivity contribution in [2.75, 3.05) is 0 Å². The minimum absolute atomic E-state index is 0.0392. The molecule has 112 valence electrons. The second kappa shape index (κ2) is 5.33. The Morgan fingerprint density at radius 3 is 1.00 bits per heavy atom. The number of hydrogen-bond acceptors (Lipinski definition) is 0. The van der Waals surface area contributed by atoms with E-state index in [1.165, 1.54) is 11.1 Å². The summed E-state index contributed by atoms with van der Waals surface area (Å²) in [6.07, 6.45) is 0. The molecule has 0 radical (unpaired) electrons. The van der Waals surface area contributed by atoms with Gasteiger partial charge in [0, 0.05) is 5.41 Å². The first kappa shape index (κ1) is 15.8. The summed E-state index contributed by atoms with van der Waals surface area (Å²) >= 11 is 0. The van der Waals surface area contributed by atoms with Gasteiger partial charge < -0.3 is 0 Å². The lowest BCUT2D eigenvalue weighted by Crippen LogP contribution is -2.51. The second-order valence-electron chi connectivity index (χ2n) is 7.98. The Kier molecular flexibility index (Phi) is 4.02. The lowest BCUT2D eigenvalue weighted by molar-refractivity contribution is 0.0907. The van der Waals surface area contributed by atoms with Gasteiger partial charge >= 0.3 is 0 Å². The Bertz CT molecular complexity index is 509. The molecule has 0 nitrogen and oxygen atoms in total. The lowest BCUT2D eigenvalue weighted by atomic mass is 9.48. The first-order chi connectivity index (χ1) is 9.71. The Balaban J connectivity index is 2.87. The van der Waals surface area contributed by atoms with Crippen LogP contribution in [0.2, 0.25) is 0 Å². The summed E-state index contributed by atoms with van der Waals surface area (Å²) in [6, 6.07) is 22.0. The van der Waals surface area contributed by atoms with Gasteiger partial charge in [0.25, 0.3) is 0 Å². The maximum atomic E-state index is 2.36. The van der Waals surface area contributed by atoms with Crippen LogP contribution in [0.1, 0.15) is 52.7 Å². The zero-order chi connectivity index (χ0) is 15.7. The van der Waals surface area contributed by atoms with Gasteiger partial charge in [-0.2, -0.15) is 0 Å². The van der Waals surface area contributed by atoms with Crippen LogP contribution in [0.15, 0.2) is 60.7 Å². The average Bonchev–Trinajstić information content (AvgIpc) is 2.38. The lowest BCUT2D eigenvalue weighted by Gasteiger charge is -2.55. The summed E-state index contributed by atoms with van der Waals surface area (Å²) in [5, 5.41) is 0. The normalized spacial score (nSPS) is 13.2.